The molecule has 0 radical (unpaired) electrons. The number of H-pyrrole nitrogens is 1. The molecule has 0 unspecified atom stereocenters. The lowest BCUT2D eigenvalue weighted by atomic mass is 10.1. The molecule has 1 fully saturated rings. The quantitative estimate of drug-likeness (QED) is 0.169. The third-order valence-corrected chi connectivity index (χ3v) is 10.7. The van der Waals surface area contributed by atoms with Gasteiger partial charge in [0.2, 0.25) is 5.43 Å². The van der Waals surface area contributed by atoms with E-state index in [1.807, 2.05) is 83.3 Å². The summed E-state index contributed by atoms with van der Waals surface area (Å²) in [5.74, 6) is -0.818. The molecule has 1 aliphatic heterocycles. The van der Waals surface area contributed by atoms with Crippen LogP contribution in [0.3, 0.4) is 0 Å². The molecule has 0 amide bonds. The lowest BCUT2D eigenvalue weighted by molar-refractivity contribution is 0.0694. The minimum atomic E-state index is -1.35. The maximum atomic E-state index is 15.6. The fraction of sp³-hybridized carbons (Fsp3) is 0.250. The number of carboxylic acids is 1. The first kappa shape index (κ1) is 36.6. The third-order valence-electron chi connectivity index (χ3n) is 10.3. The molecular weight excluding hydrogens is 736 g/mol. The number of anilines is 1. The number of hydrogen-bond donors (Lipinski definition) is 2. The lowest BCUT2D eigenvalue weighted by Gasteiger charge is -2.36. The Hall–Kier alpha value is -6.39. The van der Waals surface area contributed by atoms with Gasteiger partial charge < -0.3 is 19.6 Å². The standard InChI is InChI=1S/C40H39FN10O4S/c1-3-46-23-31(38(53)54)37(52)30-19-32(41)35(20-34(30)46)47-17-15-45(16-18-47)25-51-40(56)49(22-27-9-5-4-6-10-27)36(44-51)24-50-39(55)48(26(2)43-50)14-13-28-21-42-33-12-8-7-11-29(28)33/h4-14,19-21,23,42H,3,15-18,22,24-25H2,1-2H3,(H,53,54)/b14-13-. The minimum absolute atomic E-state index is 0.0361. The van der Waals surface area contributed by atoms with Crippen LogP contribution < -0.4 is 16.0 Å². The van der Waals surface area contributed by atoms with Gasteiger partial charge in [-0.05, 0) is 55.9 Å². The number of nitrogens with one attached hydrogen (secondary N) is 1. The van der Waals surface area contributed by atoms with Crippen molar-refractivity contribution in [1.82, 2.24) is 43.1 Å². The van der Waals surface area contributed by atoms with Crippen molar-refractivity contribution in [3.05, 3.63) is 139 Å². The summed E-state index contributed by atoms with van der Waals surface area (Å²) in [4.78, 5) is 45.6. The Labute approximate surface area is 324 Å². The van der Waals surface area contributed by atoms with E-state index in [0.717, 1.165) is 28.1 Å². The van der Waals surface area contributed by atoms with E-state index in [2.05, 4.69) is 15.0 Å². The van der Waals surface area contributed by atoms with Crippen LogP contribution in [0.15, 0.2) is 88.7 Å². The molecule has 286 valence electrons. The number of aromatic amines is 1. The Kier molecular flexibility index (Phi) is 9.82. The number of carbonyl (C=O) groups is 1. The van der Waals surface area contributed by atoms with Gasteiger partial charge in [0.25, 0.3) is 0 Å². The molecule has 0 aliphatic carbocycles. The predicted molar refractivity (Wildman–Crippen MR) is 215 cm³/mol. The Morgan fingerprint density at radius 1 is 0.964 bits per heavy atom. The van der Waals surface area contributed by atoms with Gasteiger partial charge in [-0.1, -0.05) is 48.5 Å². The van der Waals surface area contributed by atoms with Crippen molar-refractivity contribution in [3.8, 4) is 0 Å². The predicted octanol–water partition coefficient (Wildman–Crippen LogP) is 5.24. The van der Waals surface area contributed by atoms with Crippen LogP contribution in [0.25, 0.3) is 34.1 Å². The van der Waals surface area contributed by atoms with Gasteiger partial charge in [0.05, 0.1) is 24.4 Å². The van der Waals surface area contributed by atoms with E-state index in [4.69, 9.17) is 17.3 Å². The van der Waals surface area contributed by atoms with Crippen LogP contribution >= 0.6 is 12.2 Å². The number of aromatic nitrogens is 8. The highest BCUT2D eigenvalue weighted by molar-refractivity contribution is 7.71. The first-order chi connectivity index (χ1) is 27.1. The van der Waals surface area contributed by atoms with E-state index < -0.39 is 17.2 Å². The number of piperazine rings is 1. The number of carboxylic acid groups (broad SMARTS) is 1. The summed E-state index contributed by atoms with van der Waals surface area (Å²) in [5.41, 5.74) is 2.42. The molecule has 1 aliphatic rings. The molecule has 8 rings (SSSR count). The number of aryl methyl sites for hydroxylation is 2. The molecule has 4 aromatic heterocycles. The summed E-state index contributed by atoms with van der Waals surface area (Å²) in [6.45, 7) is 7.11. The molecule has 2 N–H and O–H groups in total. The number of rotatable bonds is 11. The van der Waals surface area contributed by atoms with Gasteiger partial charge in [0, 0.05) is 73.2 Å². The van der Waals surface area contributed by atoms with E-state index in [-0.39, 0.29) is 23.2 Å². The van der Waals surface area contributed by atoms with Crippen LogP contribution in [0, 0.1) is 17.5 Å². The number of para-hydroxylation sites is 1. The number of fused-ring (bicyclic) bond motifs is 2. The highest BCUT2D eigenvalue weighted by Gasteiger charge is 2.24. The number of hydrogen-bond acceptors (Lipinski definition) is 8. The summed E-state index contributed by atoms with van der Waals surface area (Å²) in [5, 5.41) is 20.1. The van der Waals surface area contributed by atoms with Crippen LogP contribution in [0.5, 0.6) is 0 Å². The van der Waals surface area contributed by atoms with E-state index in [1.165, 1.54) is 15.4 Å². The molecule has 0 spiro atoms. The van der Waals surface area contributed by atoms with Gasteiger partial charge in [0.15, 0.2) is 10.6 Å². The molecule has 3 aromatic carbocycles. The van der Waals surface area contributed by atoms with Crippen LogP contribution in [-0.2, 0) is 26.3 Å². The van der Waals surface area contributed by atoms with Crippen molar-refractivity contribution in [2.75, 3.05) is 31.1 Å². The zero-order chi connectivity index (χ0) is 39.1. The Morgan fingerprint density at radius 2 is 1.71 bits per heavy atom. The first-order valence-corrected chi connectivity index (χ1v) is 18.7. The number of halogens is 1. The van der Waals surface area contributed by atoms with Crippen LogP contribution in [0.1, 0.15) is 40.1 Å². The van der Waals surface area contributed by atoms with E-state index >= 15 is 4.39 Å². The van der Waals surface area contributed by atoms with E-state index in [0.29, 0.717) is 73.6 Å². The molecular formula is C40H39FN10O4S. The van der Waals surface area contributed by atoms with Gasteiger partial charge in [0.1, 0.15) is 23.7 Å². The zero-order valence-corrected chi connectivity index (χ0v) is 31.6. The second kappa shape index (κ2) is 15.0. The van der Waals surface area contributed by atoms with Crippen molar-refractivity contribution in [1.29, 1.82) is 0 Å². The van der Waals surface area contributed by atoms with Crippen molar-refractivity contribution in [3.63, 3.8) is 0 Å². The topological polar surface area (TPSA) is 144 Å². The second-order valence-corrected chi connectivity index (χ2v) is 14.1. The highest BCUT2D eigenvalue weighted by atomic mass is 32.1. The number of benzene rings is 3. The number of pyridine rings is 1. The molecule has 5 heterocycles. The fourth-order valence-corrected chi connectivity index (χ4v) is 7.59. The molecule has 1 saturated heterocycles. The Balaban J connectivity index is 1.03. The molecule has 0 saturated carbocycles. The van der Waals surface area contributed by atoms with Gasteiger partial charge in [-0.25, -0.2) is 23.3 Å². The lowest BCUT2D eigenvalue weighted by Crippen LogP contribution is -2.47. The summed E-state index contributed by atoms with van der Waals surface area (Å²) in [6.07, 6.45) is 6.84. The second-order valence-electron chi connectivity index (χ2n) is 13.8. The smallest absolute Gasteiger partial charge is 0.350 e. The van der Waals surface area contributed by atoms with Crippen LogP contribution in [0.2, 0.25) is 0 Å². The zero-order valence-electron chi connectivity index (χ0n) is 30.8. The molecule has 14 nitrogen and oxygen atoms in total. The molecule has 56 heavy (non-hydrogen) atoms. The van der Waals surface area contributed by atoms with Gasteiger partial charge in [-0.3, -0.25) is 18.8 Å². The van der Waals surface area contributed by atoms with E-state index in [9.17, 15) is 19.5 Å². The van der Waals surface area contributed by atoms with Crippen LogP contribution in [-0.4, -0.2) is 80.4 Å². The van der Waals surface area contributed by atoms with Crippen molar-refractivity contribution in [2.24, 2.45) is 0 Å². The highest BCUT2D eigenvalue weighted by Crippen LogP contribution is 2.27. The first-order valence-electron chi connectivity index (χ1n) is 18.3. The van der Waals surface area contributed by atoms with E-state index in [1.54, 1.807) is 28.4 Å². The average molecular weight is 775 g/mol. The average Bonchev–Trinajstić information content (AvgIpc) is 3.83. The minimum Gasteiger partial charge on any atom is -0.477 e. The largest absolute Gasteiger partial charge is 0.477 e. The molecule has 0 atom stereocenters. The van der Waals surface area contributed by atoms with Gasteiger partial charge >= 0.3 is 11.7 Å². The summed E-state index contributed by atoms with van der Waals surface area (Å²) in [7, 11) is 0. The summed E-state index contributed by atoms with van der Waals surface area (Å²) < 4.78 is 24.3. The Bertz CT molecular complexity index is 2820. The molecule has 7 aromatic rings. The number of aromatic carboxylic acids is 1. The van der Waals surface area contributed by atoms with Crippen molar-refractivity contribution < 1.29 is 14.3 Å². The monoisotopic (exact) mass is 774 g/mol. The SMILES string of the molecule is CCn1cc(C(=O)O)c(=O)c2cc(F)c(N3CCN(Cn4nc(Cn5nc(C)n(/C=C\c6c[nH]c7ccccc67)c5=O)n(Cc5ccccc5)c4=S)CC3)cc21. The van der Waals surface area contributed by atoms with Crippen molar-refractivity contribution in [2.45, 2.75) is 40.2 Å². The van der Waals surface area contributed by atoms with Gasteiger partial charge in [-0.15, -0.1) is 0 Å². The number of nitrogens with zero attached hydrogens (tertiary/aromatic N) is 9. The third kappa shape index (κ3) is 6.88. The Morgan fingerprint density at radius 3 is 2.46 bits per heavy atom. The van der Waals surface area contributed by atoms with Crippen LogP contribution in [0.4, 0.5) is 10.1 Å². The van der Waals surface area contributed by atoms with Crippen molar-refractivity contribution >= 4 is 58.0 Å². The fourth-order valence-electron chi connectivity index (χ4n) is 7.32. The maximum absolute atomic E-state index is 15.6. The normalized spacial score (nSPS) is 13.8. The summed E-state index contributed by atoms with van der Waals surface area (Å²) in [6, 6.07) is 20.7. The molecule has 0 bridgehead atoms. The molecule has 16 heteroatoms. The maximum Gasteiger partial charge on any atom is 0.350 e. The summed E-state index contributed by atoms with van der Waals surface area (Å²) >= 11 is 5.99. The van der Waals surface area contributed by atoms with Gasteiger partial charge in [-0.2, -0.15) is 10.2 Å².